The van der Waals surface area contributed by atoms with Crippen molar-refractivity contribution in [3.8, 4) is 0 Å². The zero-order valence-corrected chi connectivity index (χ0v) is 6.84. The number of hydrogen-bond donors (Lipinski definition) is 2. The molecular weight excluding hydrogens is 417 g/mol. The third-order valence-electron chi connectivity index (χ3n) is 2.01. The third-order valence-corrected chi connectivity index (χ3v) is 2.01. The molecule has 1 aliphatic rings. The Labute approximate surface area is 148 Å². The summed E-state index contributed by atoms with van der Waals surface area (Å²) in [5.74, 6) is 0. The van der Waals surface area contributed by atoms with E-state index in [2.05, 4.69) is 24.3 Å². The van der Waals surface area contributed by atoms with E-state index in [0.29, 0.717) is 0 Å². The molecule has 0 spiro atoms. The molecule has 0 radical (unpaired) electrons. The largest absolute Gasteiger partial charge is 0.0620 e. The molecule has 1 aromatic carbocycles. The van der Waals surface area contributed by atoms with Crippen molar-refractivity contribution in [3.63, 3.8) is 0 Å². The van der Waals surface area contributed by atoms with Gasteiger partial charge in [-0.25, -0.2) is 0 Å². The van der Waals surface area contributed by atoms with Gasteiger partial charge in [0.1, 0.15) is 0 Å². The molecule has 0 bridgehead atoms. The minimum Gasteiger partial charge on any atom is -0.0620 e. The summed E-state index contributed by atoms with van der Waals surface area (Å²) in [6, 6.07) is 8.74. The number of benzene rings is 1. The van der Waals surface area contributed by atoms with E-state index in [9.17, 15) is 0 Å². The summed E-state index contributed by atoms with van der Waals surface area (Å²) < 4.78 is 0. The molecule has 1 aliphatic carbocycles. The molecule has 6 N–H and O–H groups in total. The molecule has 6 heteroatoms. The van der Waals surface area contributed by atoms with Crippen molar-refractivity contribution >= 4 is 82.8 Å². The van der Waals surface area contributed by atoms with Crippen LogP contribution in [-0.2, 0) is 12.8 Å². The first-order valence-electron chi connectivity index (χ1n) is 3.53. The van der Waals surface area contributed by atoms with E-state index in [1.165, 1.54) is 19.3 Å². The molecule has 0 atom stereocenters. The third kappa shape index (κ3) is 8.53. The van der Waals surface area contributed by atoms with Crippen molar-refractivity contribution in [2.45, 2.75) is 19.3 Å². The second kappa shape index (κ2) is 15.8. The molecule has 0 saturated carbocycles. The van der Waals surface area contributed by atoms with Crippen LogP contribution in [0.2, 0.25) is 0 Å². The Kier molecular flexibility index (Phi) is 31.8. The summed E-state index contributed by atoms with van der Waals surface area (Å²) in [5.41, 5.74) is 3.13. The minimum atomic E-state index is 0. The van der Waals surface area contributed by atoms with Crippen molar-refractivity contribution in [3.05, 3.63) is 35.4 Å². The van der Waals surface area contributed by atoms with E-state index in [1.54, 1.807) is 11.1 Å². The molecule has 0 aromatic heterocycles. The molecule has 0 unspecified atom stereocenters. The van der Waals surface area contributed by atoms with Crippen LogP contribution in [0.15, 0.2) is 24.3 Å². The van der Waals surface area contributed by atoms with Gasteiger partial charge in [0.15, 0.2) is 17.4 Å². The second-order valence-corrected chi connectivity index (χ2v) is 2.62. The molecule has 0 fully saturated rings. The molecule has 86 valence electrons. The summed E-state index contributed by atoms with van der Waals surface area (Å²) >= 11 is 0. The Bertz CT molecular complexity index is 216. The van der Waals surface area contributed by atoms with E-state index >= 15 is 0 Å². The van der Waals surface area contributed by atoms with Crippen LogP contribution < -0.4 is 12.3 Å². The predicted molar refractivity (Wildman–Crippen MR) is 88.3 cm³/mol. The van der Waals surface area contributed by atoms with Gasteiger partial charge in [-0.05, 0) is 30.4 Å². The van der Waals surface area contributed by atoms with Crippen molar-refractivity contribution < 1.29 is 0 Å². The van der Waals surface area contributed by atoms with Gasteiger partial charge in [-0.3, -0.25) is 0 Å². The fourth-order valence-electron chi connectivity index (χ4n) is 1.51. The summed E-state index contributed by atoms with van der Waals surface area (Å²) in [6.07, 6.45) is 3.96. The number of hydrogen-bond acceptors (Lipinski definition) is 2. The summed E-state index contributed by atoms with van der Waals surface area (Å²) in [5, 5.41) is 0. The van der Waals surface area contributed by atoms with Gasteiger partial charge in [0.2, 0.25) is 0 Å². The smallest absolute Gasteiger partial charge is 0.0273 e. The molecule has 2 nitrogen and oxygen atoms in total. The van der Waals surface area contributed by atoms with E-state index in [-0.39, 0.29) is 95.1 Å². The predicted octanol–water partition coefficient (Wildman–Crippen LogP) is -2.24. The van der Waals surface area contributed by atoms with Crippen LogP contribution in [0.3, 0.4) is 0 Å². The Morgan fingerprint density at radius 1 is 0.800 bits per heavy atom. The zero-order chi connectivity index (χ0) is 6.10. The van der Waals surface area contributed by atoms with Gasteiger partial charge in [-0.2, -0.15) is 0 Å². The maximum atomic E-state index is 2.24. The minimum absolute atomic E-state index is 0. The fourth-order valence-corrected chi connectivity index (χ4v) is 1.51. The van der Waals surface area contributed by atoms with Gasteiger partial charge < -0.3 is 12.3 Å². The van der Waals surface area contributed by atoms with Gasteiger partial charge in [-0.1, -0.05) is 24.3 Å². The average Bonchev–Trinajstić information content (AvgIpc) is 2.33. The summed E-state index contributed by atoms with van der Waals surface area (Å²) in [7, 11) is 0. The van der Waals surface area contributed by atoms with Crippen molar-refractivity contribution in [1.29, 1.82) is 0 Å². The normalized spacial score (nSPS) is 9.33. The molecule has 2 rings (SSSR count). The first-order chi connectivity index (χ1) is 4.47. The van der Waals surface area contributed by atoms with Crippen LogP contribution in [0, 0.1) is 0 Å². The number of fused-ring (bicyclic) bond motifs is 1. The van der Waals surface area contributed by atoms with Gasteiger partial charge in [0.05, 0.1) is 0 Å². The zero-order valence-electron chi connectivity index (χ0n) is 6.84. The SMILES string of the molecule is N.N.[AlH3].[GaH3].[GaH3].[InH3].c1ccc2c(c1)CCC2. The molecule has 0 aliphatic heterocycles. The standard InChI is InChI=1S/C9H10.Al.2Ga.In.2H3N.12H/c1-2-5-9-7-3-6-8(9)4-1;;;;;;;;;;;;;;;;;;/h1-2,4-5H,3,6-7H2;;;;;2*1H3;;;;;;;;;;;;. The van der Waals surface area contributed by atoms with Gasteiger partial charge in [0.25, 0.3) is 0 Å². The topological polar surface area (TPSA) is 70.0 Å². The molecule has 1 aromatic rings. The molecule has 0 amide bonds. The van der Waals surface area contributed by atoms with E-state index in [1.807, 2.05) is 0 Å². The first-order valence-corrected chi connectivity index (χ1v) is 3.53. The van der Waals surface area contributed by atoms with Crippen LogP contribution in [0.1, 0.15) is 17.5 Å². The van der Waals surface area contributed by atoms with Crippen molar-refractivity contribution in [1.82, 2.24) is 12.3 Å². The van der Waals surface area contributed by atoms with Gasteiger partial charge >= 0.3 is 65.4 Å². The number of rotatable bonds is 0. The van der Waals surface area contributed by atoms with E-state index in [4.69, 9.17) is 0 Å². The molecule has 15 heavy (non-hydrogen) atoms. The van der Waals surface area contributed by atoms with E-state index < -0.39 is 0 Å². The van der Waals surface area contributed by atoms with E-state index in [0.717, 1.165) is 0 Å². The van der Waals surface area contributed by atoms with Crippen LogP contribution in [0.4, 0.5) is 0 Å². The van der Waals surface area contributed by atoms with Crippen LogP contribution >= 0.6 is 0 Å². The molecule has 0 heterocycles. The average molecular weight is 446 g/mol. The van der Waals surface area contributed by atoms with Gasteiger partial charge in [0, 0.05) is 0 Å². The summed E-state index contributed by atoms with van der Waals surface area (Å²) in [6.45, 7) is 0. The molecular formula is C9H28AlGa2InN2. The van der Waals surface area contributed by atoms with Crippen LogP contribution in [-0.4, -0.2) is 82.8 Å². The molecule has 0 saturated heterocycles. The Balaban J connectivity index is -0.0000000556. The number of aryl methyl sites for hydroxylation is 2. The van der Waals surface area contributed by atoms with Crippen LogP contribution in [0.5, 0.6) is 0 Å². The maximum Gasteiger partial charge on any atom is -0.0273 e. The quantitative estimate of drug-likeness (QED) is 0.444. The fraction of sp³-hybridized carbons (Fsp3) is 0.333. The van der Waals surface area contributed by atoms with Crippen LogP contribution in [0.25, 0.3) is 0 Å². The summed E-state index contributed by atoms with van der Waals surface area (Å²) in [4.78, 5) is 0. The van der Waals surface area contributed by atoms with Crippen molar-refractivity contribution in [2.24, 2.45) is 0 Å². The first kappa shape index (κ1) is 30.1. The Morgan fingerprint density at radius 2 is 1.13 bits per heavy atom. The Morgan fingerprint density at radius 3 is 1.47 bits per heavy atom. The Hall–Kier alpha value is 1.82. The maximum absolute atomic E-state index is 2.24. The van der Waals surface area contributed by atoms with Gasteiger partial charge in [-0.15, -0.1) is 0 Å². The van der Waals surface area contributed by atoms with Crippen molar-refractivity contribution in [2.75, 3.05) is 0 Å². The second-order valence-electron chi connectivity index (χ2n) is 2.62. The monoisotopic (exact) mass is 444 g/mol.